The summed E-state index contributed by atoms with van der Waals surface area (Å²) in [6.45, 7) is 1.94. The monoisotopic (exact) mass is 459 g/mol. The fourth-order valence-electron chi connectivity index (χ4n) is 4.07. The van der Waals surface area contributed by atoms with Crippen LogP contribution in [0.5, 0.6) is 11.6 Å². The summed E-state index contributed by atoms with van der Waals surface area (Å²) >= 11 is 0. The number of aromatic nitrogens is 2. The Bertz CT molecular complexity index is 1300. The van der Waals surface area contributed by atoms with E-state index in [0.29, 0.717) is 11.6 Å². The first-order chi connectivity index (χ1) is 16.5. The topological polar surface area (TPSA) is 65.4 Å². The van der Waals surface area contributed by atoms with Crippen LogP contribution in [0.4, 0.5) is 4.39 Å². The average Bonchev–Trinajstić information content (AvgIpc) is 3.63. The molecule has 2 aromatic heterocycles. The lowest BCUT2D eigenvalue weighted by Gasteiger charge is -2.26. The molecule has 2 aromatic carbocycles. The second-order valence-electron chi connectivity index (χ2n) is 8.63. The molecule has 174 valence electrons. The van der Waals surface area contributed by atoms with Crippen LogP contribution < -0.4 is 14.8 Å². The Morgan fingerprint density at radius 2 is 1.91 bits per heavy atom. The molecule has 2 atom stereocenters. The number of amides is 1. The van der Waals surface area contributed by atoms with Crippen LogP contribution in [0.15, 0.2) is 73.1 Å². The maximum atomic E-state index is 13.3. The van der Waals surface area contributed by atoms with E-state index in [2.05, 4.69) is 10.3 Å². The van der Waals surface area contributed by atoms with E-state index in [-0.39, 0.29) is 23.7 Å². The van der Waals surface area contributed by atoms with Gasteiger partial charge in [0.15, 0.2) is 0 Å². The van der Waals surface area contributed by atoms with E-state index in [1.54, 1.807) is 31.5 Å². The number of methoxy groups -OCH3 is 1. The highest BCUT2D eigenvalue weighted by molar-refractivity contribution is 5.83. The van der Waals surface area contributed by atoms with Gasteiger partial charge < -0.3 is 19.4 Å². The number of benzene rings is 2. The van der Waals surface area contributed by atoms with Crippen LogP contribution in [-0.2, 0) is 4.79 Å². The Labute approximate surface area is 197 Å². The largest absolute Gasteiger partial charge is 0.484 e. The number of carbonyl (C=O) groups excluding carboxylic acids is 1. The van der Waals surface area contributed by atoms with Gasteiger partial charge in [0.25, 0.3) is 0 Å². The number of nitrogens with zero attached hydrogens (tertiary/aromatic N) is 2. The van der Waals surface area contributed by atoms with Gasteiger partial charge in [-0.1, -0.05) is 0 Å². The first-order valence-corrected chi connectivity index (χ1v) is 11.4. The van der Waals surface area contributed by atoms with Crippen molar-refractivity contribution in [1.82, 2.24) is 14.9 Å². The summed E-state index contributed by atoms with van der Waals surface area (Å²) < 4.78 is 26.9. The summed E-state index contributed by atoms with van der Waals surface area (Å²) in [6.07, 6.45) is 5.11. The van der Waals surface area contributed by atoms with Gasteiger partial charge in [0.2, 0.25) is 11.8 Å². The summed E-state index contributed by atoms with van der Waals surface area (Å²) in [6, 6.07) is 17.7. The van der Waals surface area contributed by atoms with Crippen molar-refractivity contribution in [1.29, 1.82) is 0 Å². The minimum atomic E-state index is -0.433. The van der Waals surface area contributed by atoms with E-state index in [1.807, 2.05) is 48.0 Å². The molecule has 1 N–H and O–H groups in total. The normalized spacial score (nSPS) is 15.0. The highest BCUT2D eigenvalue weighted by Gasteiger charge is 2.32. The molecule has 0 bridgehead atoms. The van der Waals surface area contributed by atoms with Crippen LogP contribution in [0.2, 0.25) is 0 Å². The predicted molar refractivity (Wildman–Crippen MR) is 128 cm³/mol. The minimum Gasteiger partial charge on any atom is -0.484 e. The number of ether oxygens (including phenoxy) is 2. The SMILES string of the molecule is COc1ccc([C@@H](Oc2ccc3c(ccn3-c3ccc(F)cc3)c2)[C@H](C)NC(=O)C2CC2)cn1. The van der Waals surface area contributed by atoms with E-state index >= 15 is 0 Å². The van der Waals surface area contributed by atoms with Crippen molar-refractivity contribution in [3.8, 4) is 17.3 Å². The summed E-state index contributed by atoms with van der Waals surface area (Å²) in [5.74, 6) is 1.10. The molecule has 1 fully saturated rings. The van der Waals surface area contributed by atoms with Crippen molar-refractivity contribution in [3.05, 3.63) is 84.4 Å². The van der Waals surface area contributed by atoms with Crippen molar-refractivity contribution in [3.63, 3.8) is 0 Å². The van der Waals surface area contributed by atoms with Gasteiger partial charge in [-0.25, -0.2) is 9.37 Å². The number of rotatable bonds is 8. The molecule has 0 aliphatic heterocycles. The Morgan fingerprint density at radius 3 is 2.59 bits per heavy atom. The lowest BCUT2D eigenvalue weighted by Crippen LogP contribution is -2.40. The van der Waals surface area contributed by atoms with Crippen molar-refractivity contribution >= 4 is 16.8 Å². The molecule has 1 aliphatic rings. The number of carbonyl (C=O) groups is 1. The fourth-order valence-corrected chi connectivity index (χ4v) is 4.07. The number of fused-ring (bicyclic) bond motifs is 1. The lowest BCUT2D eigenvalue weighted by molar-refractivity contribution is -0.123. The van der Waals surface area contributed by atoms with Gasteiger partial charge in [0.05, 0.1) is 18.7 Å². The highest BCUT2D eigenvalue weighted by atomic mass is 19.1. The third-order valence-electron chi connectivity index (χ3n) is 6.10. The molecule has 5 rings (SSSR count). The van der Waals surface area contributed by atoms with Crippen LogP contribution in [0.25, 0.3) is 16.6 Å². The number of hydrogen-bond donors (Lipinski definition) is 1. The van der Waals surface area contributed by atoms with E-state index < -0.39 is 6.10 Å². The van der Waals surface area contributed by atoms with Crippen LogP contribution in [0.3, 0.4) is 0 Å². The molecule has 6 nitrogen and oxygen atoms in total. The first kappa shape index (κ1) is 21.9. The summed E-state index contributed by atoms with van der Waals surface area (Å²) in [5.41, 5.74) is 2.70. The van der Waals surface area contributed by atoms with Crippen molar-refractivity contribution in [2.24, 2.45) is 5.92 Å². The summed E-state index contributed by atoms with van der Waals surface area (Å²) in [7, 11) is 1.57. The van der Waals surface area contributed by atoms with Gasteiger partial charge in [-0.15, -0.1) is 0 Å². The van der Waals surface area contributed by atoms with Crippen molar-refractivity contribution in [2.75, 3.05) is 7.11 Å². The van der Waals surface area contributed by atoms with E-state index in [0.717, 1.165) is 35.0 Å². The first-order valence-electron chi connectivity index (χ1n) is 11.4. The Balaban J connectivity index is 1.42. The molecule has 1 amide bonds. The molecular formula is C27H26FN3O3. The molecular weight excluding hydrogens is 433 g/mol. The zero-order valence-electron chi connectivity index (χ0n) is 19.1. The van der Waals surface area contributed by atoms with Crippen LogP contribution in [-0.4, -0.2) is 28.6 Å². The molecule has 7 heteroatoms. The zero-order valence-corrected chi connectivity index (χ0v) is 19.1. The van der Waals surface area contributed by atoms with E-state index in [9.17, 15) is 9.18 Å². The van der Waals surface area contributed by atoms with Crippen molar-refractivity contribution in [2.45, 2.75) is 31.9 Å². The van der Waals surface area contributed by atoms with Gasteiger partial charge >= 0.3 is 0 Å². The molecule has 0 radical (unpaired) electrons. The van der Waals surface area contributed by atoms with Gasteiger partial charge in [0, 0.05) is 41.0 Å². The number of nitrogens with one attached hydrogen (secondary N) is 1. The second kappa shape index (κ2) is 9.17. The minimum absolute atomic E-state index is 0.0643. The van der Waals surface area contributed by atoms with E-state index in [1.165, 1.54) is 12.1 Å². The maximum absolute atomic E-state index is 13.3. The quantitative estimate of drug-likeness (QED) is 0.393. The third-order valence-corrected chi connectivity index (χ3v) is 6.10. The molecule has 1 aliphatic carbocycles. The molecule has 1 saturated carbocycles. The molecule has 0 unspecified atom stereocenters. The highest BCUT2D eigenvalue weighted by Crippen LogP contribution is 2.32. The van der Waals surface area contributed by atoms with Crippen LogP contribution in [0, 0.1) is 11.7 Å². The van der Waals surface area contributed by atoms with Crippen LogP contribution in [0.1, 0.15) is 31.4 Å². The van der Waals surface area contributed by atoms with Gasteiger partial charge in [-0.2, -0.15) is 0 Å². The molecule has 2 heterocycles. The average molecular weight is 460 g/mol. The van der Waals surface area contributed by atoms with Gasteiger partial charge in [-0.05, 0) is 74.4 Å². The number of pyridine rings is 1. The molecule has 0 spiro atoms. The Morgan fingerprint density at radius 1 is 1.12 bits per heavy atom. The fraction of sp³-hybridized carbons (Fsp3) is 0.259. The second-order valence-corrected chi connectivity index (χ2v) is 8.63. The van der Waals surface area contributed by atoms with Gasteiger partial charge in [0.1, 0.15) is 17.7 Å². The molecule has 4 aromatic rings. The molecule has 34 heavy (non-hydrogen) atoms. The van der Waals surface area contributed by atoms with E-state index in [4.69, 9.17) is 9.47 Å². The maximum Gasteiger partial charge on any atom is 0.223 e. The van der Waals surface area contributed by atoms with Crippen LogP contribution >= 0.6 is 0 Å². The summed E-state index contributed by atoms with van der Waals surface area (Å²) in [4.78, 5) is 16.7. The number of hydrogen-bond acceptors (Lipinski definition) is 4. The Kier molecular flexibility index (Phi) is 5.92. The zero-order chi connectivity index (χ0) is 23.7. The number of halogens is 1. The smallest absolute Gasteiger partial charge is 0.223 e. The van der Waals surface area contributed by atoms with Crippen molar-refractivity contribution < 1.29 is 18.7 Å². The third kappa shape index (κ3) is 4.59. The lowest BCUT2D eigenvalue weighted by atomic mass is 10.0. The standard InChI is InChI=1S/C27H26FN3O3/c1-17(30-27(32)18-3-4-18)26(20-5-12-25(33-2)29-16-20)34-23-10-11-24-19(15-23)13-14-31(24)22-8-6-21(28)7-9-22/h5-18,26H,3-4H2,1-2H3,(H,30,32)/t17-,26-/m0/s1. The summed E-state index contributed by atoms with van der Waals surface area (Å²) in [5, 5.41) is 4.09. The molecule has 0 saturated heterocycles. The predicted octanol–water partition coefficient (Wildman–Crippen LogP) is 5.21. The Hall–Kier alpha value is -3.87. The van der Waals surface area contributed by atoms with Gasteiger partial charge in [-0.3, -0.25) is 4.79 Å².